The van der Waals surface area contributed by atoms with Crippen LogP contribution in [0.3, 0.4) is 0 Å². The molecule has 1 aliphatic heterocycles. The van der Waals surface area contributed by atoms with E-state index in [1.54, 1.807) is 12.1 Å². The average molecular weight is 394 g/mol. The van der Waals surface area contributed by atoms with Crippen LogP contribution in [0, 0.1) is 0 Å². The second-order valence-corrected chi connectivity index (χ2v) is 7.00. The van der Waals surface area contributed by atoms with Crippen LogP contribution < -0.4 is 22.6 Å². The van der Waals surface area contributed by atoms with Gasteiger partial charge in [-0.3, -0.25) is 9.69 Å². The Morgan fingerprint density at radius 3 is 2.35 bits per heavy atom. The van der Waals surface area contributed by atoms with Crippen LogP contribution in [0.15, 0.2) is 54.6 Å². The molecule has 1 amide bonds. The molecule has 0 aromatic heterocycles. The van der Waals surface area contributed by atoms with Crippen molar-refractivity contribution >= 4 is 23.2 Å². The molecule has 0 saturated carbocycles. The molecule has 2 N–H and O–H groups in total. The Kier molecular flexibility index (Phi) is 8.39. The highest BCUT2D eigenvalue weighted by atomic mass is 35.5. The van der Waals surface area contributed by atoms with Gasteiger partial charge in [-0.25, -0.2) is 0 Å². The van der Waals surface area contributed by atoms with Crippen LogP contribution in [-0.2, 0) is 11.3 Å². The maximum atomic E-state index is 12.1. The van der Waals surface area contributed by atoms with Gasteiger partial charge in [0.1, 0.15) is 0 Å². The number of anilines is 1. The van der Waals surface area contributed by atoms with Crippen molar-refractivity contribution in [3.05, 3.63) is 65.2 Å². The predicted octanol–water partition coefficient (Wildman–Crippen LogP) is -0.927. The van der Waals surface area contributed by atoms with E-state index in [1.165, 1.54) is 10.5 Å². The lowest BCUT2D eigenvalue weighted by Crippen LogP contribution is -3.14. The van der Waals surface area contributed by atoms with E-state index in [0.717, 1.165) is 45.0 Å². The Bertz CT molecular complexity index is 671. The minimum atomic E-state index is 0. The molecule has 6 heteroatoms. The number of hydrogen-bond acceptors (Lipinski definition) is 2. The van der Waals surface area contributed by atoms with Crippen molar-refractivity contribution in [3.63, 3.8) is 0 Å². The van der Waals surface area contributed by atoms with Gasteiger partial charge in [0.15, 0.2) is 0 Å². The van der Waals surface area contributed by atoms with E-state index >= 15 is 0 Å². The number of nitrogens with one attached hydrogen (secondary N) is 2. The molecule has 2 aromatic rings. The number of carbonyl (C=O) groups excluding carboxylic acids is 1. The van der Waals surface area contributed by atoms with Gasteiger partial charge < -0.3 is 22.6 Å². The van der Waals surface area contributed by atoms with Crippen LogP contribution in [0.4, 0.5) is 5.69 Å². The number of quaternary nitrogens is 1. The first-order chi connectivity index (χ1) is 12.2. The largest absolute Gasteiger partial charge is 1.00 e. The van der Waals surface area contributed by atoms with Crippen LogP contribution in [0.2, 0.25) is 5.02 Å². The zero-order valence-corrected chi connectivity index (χ0v) is 16.3. The molecule has 26 heavy (non-hydrogen) atoms. The third-order valence-electron chi connectivity index (χ3n) is 4.65. The molecular weight excluding hydrogens is 369 g/mol. The first-order valence-corrected chi connectivity index (χ1v) is 9.22. The van der Waals surface area contributed by atoms with Gasteiger partial charge in [0, 0.05) is 30.3 Å². The normalized spacial score (nSPS) is 15.3. The maximum Gasteiger partial charge on any atom is 0.230 e. The standard InChI is InChI=1S/C20H24ClN3O.ClH/c21-18-6-8-19(9-7-18)22-20(25)10-11-23-12-14-24(15-13-23)16-17-4-2-1-3-5-17;/h1-9H,10-16H2,(H,22,25);1H. The molecule has 2 aromatic carbocycles. The van der Waals surface area contributed by atoms with Crippen LogP contribution in [0.5, 0.6) is 0 Å². The van der Waals surface area contributed by atoms with E-state index < -0.39 is 0 Å². The molecule has 1 fully saturated rings. The summed E-state index contributed by atoms with van der Waals surface area (Å²) in [4.78, 5) is 16.1. The zero-order chi connectivity index (χ0) is 17.5. The molecule has 0 radical (unpaired) electrons. The number of amides is 1. The molecular formula is C20H25Cl2N3O. The zero-order valence-electron chi connectivity index (χ0n) is 14.8. The van der Waals surface area contributed by atoms with E-state index in [4.69, 9.17) is 11.6 Å². The SMILES string of the molecule is O=C(CC[NH+]1CCN(Cc2ccccc2)CC1)Nc1ccc(Cl)cc1.[Cl-]. The Hall–Kier alpha value is -1.59. The Balaban J connectivity index is 0.00000243. The predicted molar refractivity (Wildman–Crippen MR) is 102 cm³/mol. The molecule has 4 nitrogen and oxygen atoms in total. The van der Waals surface area contributed by atoms with Gasteiger partial charge in [0.25, 0.3) is 0 Å². The van der Waals surface area contributed by atoms with Crippen molar-refractivity contribution in [1.82, 2.24) is 4.90 Å². The van der Waals surface area contributed by atoms with Gasteiger partial charge in [0.2, 0.25) is 5.91 Å². The number of hydrogen-bond donors (Lipinski definition) is 2. The van der Waals surface area contributed by atoms with E-state index in [-0.39, 0.29) is 18.3 Å². The van der Waals surface area contributed by atoms with Crippen LogP contribution in [0.25, 0.3) is 0 Å². The average Bonchev–Trinajstić information content (AvgIpc) is 2.64. The lowest BCUT2D eigenvalue weighted by atomic mass is 10.2. The van der Waals surface area contributed by atoms with Crippen LogP contribution in [-0.4, -0.2) is 43.5 Å². The van der Waals surface area contributed by atoms with Gasteiger partial charge in [-0.1, -0.05) is 41.9 Å². The smallest absolute Gasteiger partial charge is 0.230 e. The summed E-state index contributed by atoms with van der Waals surface area (Å²) in [5, 5.41) is 3.61. The van der Waals surface area contributed by atoms with Gasteiger partial charge in [-0.15, -0.1) is 0 Å². The molecule has 1 saturated heterocycles. The third-order valence-corrected chi connectivity index (χ3v) is 4.90. The van der Waals surface area contributed by atoms with E-state index in [9.17, 15) is 4.79 Å². The van der Waals surface area contributed by atoms with Crippen molar-refractivity contribution in [3.8, 4) is 0 Å². The summed E-state index contributed by atoms with van der Waals surface area (Å²) in [6.07, 6.45) is 0.552. The second-order valence-electron chi connectivity index (χ2n) is 6.57. The Morgan fingerprint density at radius 1 is 1.04 bits per heavy atom. The summed E-state index contributed by atoms with van der Waals surface area (Å²) in [6, 6.07) is 17.8. The van der Waals surface area contributed by atoms with Gasteiger partial charge >= 0.3 is 0 Å². The summed E-state index contributed by atoms with van der Waals surface area (Å²) in [6.45, 7) is 6.28. The highest BCUT2D eigenvalue weighted by Crippen LogP contribution is 2.13. The highest BCUT2D eigenvalue weighted by Gasteiger charge is 2.20. The first-order valence-electron chi connectivity index (χ1n) is 8.84. The third kappa shape index (κ3) is 6.61. The molecule has 0 bridgehead atoms. The minimum absolute atomic E-state index is 0. The Morgan fingerprint density at radius 2 is 1.69 bits per heavy atom. The number of piperazine rings is 1. The molecule has 0 unspecified atom stereocenters. The van der Waals surface area contributed by atoms with Crippen molar-refractivity contribution in [2.75, 3.05) is 38.0 Å². The lowest BCUT2D eigenvalue weighted by molar-refractivity contribution is -0.904. The van der Waals surface area contributed by atoms with E-state index in [0.29, 0.717) is 11.4 Å². The first kappa shape index (κ1) is 20.7. The summed E-state index contributed by atoms with van der Waals surface area (Å²) < 4.78 is 0. The van der Waals surface area contributed by atoms with Gasteiger partial charge in [-0.05, 0) is 29.8 Å². The molecule has 0 atom stereocenters. The molecule has 140 valence electrons. The number of halogens is 2. The number of rotatable bonds is 6. The fourth-order valence-electron chi connectivity index (χ4n) is 3.17. The fourth-order valence-corrected chi connectivity index (χ4v) is 3.29. The highest BCUT2D eigenvalue weighted by molar-refractivity contribution is 6.30. The topological polar surface area (TPSA) is 36.8 Å². The van der Waals surface area contributed by atoms with Gasteiger partial charge in [0.05, 0.1) is 26.1 Å². The summed E-state index contributed by atoms with van der Waals surface area (Å²) in [5.41, 5.74) is 2.17. The maximum absolute atomic E-state index is 12.1. The summed E-state index contributed by atoms with van der Waals surface area (Å²) in [7, 11) is 0. The number of nitrogens with zero attached hydrogens (tertiary/aromatic N) is 1. The van der Waals surface area contributed by atoms with E-state index in [2.05, 4.69) is 40.5 Å². The van der Waals surface area contributed by atoms with Crippen molar-refractivity contribution < 1.29 is 22.1 Å². The summed E-state index contributed by atoms with van der Waals surface area (Å²) >= 11 is 5.85. The van der Waals surface area contributed by atoms with E-state index in [1.807, 2.05) is 12.1 Å². The molecule has 1 heterocycles. The summed E-state index contributed by atoms with van der Waals surface area (Å²) in [5.74, 6) is 0.0709. The molecule has 1 aliphatic rings. The minimum Gasteiger partial charge on any atom is -1.00 e. The Labute approximate surface area is 166 Å². The van der Waals surface area contributed by atoms with Crippen molar-refractivity contribution in [1.29, 1.82) is 0 Å². The number of carbonyl (C=O) groups is 1. The van der Waals surface area contributed by atoms with Crippen LogP contribution in [0.1, 0.15) is 12.0 Å². The fraction of sp³-hybridized carbons (Fsp3) is 0.350. The number of benzene rings is 2. The van der Waals surface area contributed by atoms with Crippen molar-refractivity contribution in [2.24, 2.45) is 0 Å². The van der Waals surface area contributed by atoms with Crippen LogP contribution >= 0.6 is 11.6 Å². The van der Waals surface area contributed by atoms with Crippen molar-refractivity contribution in [2.45, 2.75) is 13.0 Å². The monoisotopic (exact) mass is 393 g/mol. The van der Waals surface area contributed by atoms with Gasteiger partial charge in [-0.2, -0.15) is 0 Å². The quantitative estimate of drug-likeness (QED) is 0.665. The second kappa shape index (κ2) is 10.5. The lowest BCUT2D eigenvalue weighted by Gasteiger charge is -2.32. The molecule has 0 spiro atoms. The molecule has 0 aliphatic carbocycles. The molecule has 3 rings (SSSR count).